The van der Waals surface area contributed by atoms with Gasteiger partial charge in [-0.15, -0.1) is 24.3 Å². The molecule has 121 valence electrons. The molecule has 0 saturated carbocycles. The van der Waals surface area contributed by atoms with Gasteiger partial charge in [0.2, 0.25) is 0 Å². The summed E-state index contributed by atoms with van der Waals surface area (Å²) in [6.07, 6.45) is 1.04. The summed E-state index contributed by atoms with van der Waals surface area (Å²) in [5, 5.41) is 2.68. The Morgan fingerprint density at radius 1 is 0.680 bits per heavy atom. The smallest absolute Gasteiger partial charge is 0.358 e. The van der Waals surface area contributed by atoms with Gasteiger partial charge in [0.1, 0.15) is 0 Å². The molecule has 0 fully saturated rings. The molecule has 0 amide bonds. The summed E-state index contributed by atoms with van der Waals surface area (Å²) in [6.45, 7) is 0. The third kappa shape index (κ3) is 2.96. The molecule has 1 aliphatic carbocycles. The third-order valence-corrected chi connectivity index (χ3v) is 4.82. The molecule has 0 aliphatic heterocycles. The van der Waals surface area contributed by atoms with Crippen molar-refractivity contribution in [3.63, 3.8) is 0 Å². The van der Waals surface area contributed by atoms with E-state index in [1.54, 1.807) is 0 Å². The SMILES string of the molecule is [CH3-].[CH3-].[Zr+3].c1ccc2c(c1)Cc1c-2cccc1-[c-]1ccc2ccccc21. The van der Waals surface area contributed by atoms with Gasteiger partial charge in [0.25, 0.3) is 0 Å². The summed E-state index contributed by atoms with van der Waals surface area (Å²) in [5.74, 6) is 0. The molecular formula is C24H21Zr. The molecule has 0 heterocycles. The van der Waals surface area contributed by atoms with Crippen molar-refractivity contribution >= 4 is 10.8 Å². The molecule has 1 aliphatic rings. The van der Waals surface area contributed by atoms with E-state index in [0.717, 1.165) is 6.42 Å². The van der Waals surface area contributed by atoms with Gasteiger partial charge < -0.3 is 14.9 Å². The summed E-state index contributed by atoms with van der Waals surface area (Å²) < 4.78 is 0. The monoisotopic (exact) mass is 399 g/mol. The fourth-order valence-corrected chi connectivity index (χ4v) is 3.80. The zero-order valence-electron chi connectivity index (χ0n) is 14.7. The quantitative estimate of drug-likeness (QED) is 0.275. The Labute approximate surface area is 170 Å². The Morgan fingerprint density at radius 2 is 1.40 bits per heavy atom. The fraction of sp³-hybridized carbons (Fsp3) is 0.0417. The number of hydrogen-bond donors (Lipinski definition) is 0. The van der Waals surface area contributed by atoms with Crippen LogP contribution in [0, 0.1) is 14.9 Å². The molecule has 0 bridgehead atoms. The predicted octanol–water partition coefficient (Wildman–Crippen LogP) is 6.69. The maximum absolute atomic E-state index is 2.27. The van der Waals surface area contributed by atoms with Crippen molar-refractivity contribution in [2.45, 2.75) is 6.42 Å². The first-order valence-corrected chi connectivity index (χ1v) is 7.77. The zero-order valence-corrected chi connectivity index (χ0v) is 17.2. The maximum Gasteiger partial charge on any atom is 3.00 e. The molecule has 25 heavy (non-hydrogen) atoms. The van der Waals surface area contributed by atoms with Crippen molar-refractivity contribution in [2.75, 3.05) is 0 Å². The van der Waals surface area contributed by atoms with Gasteiger partial charge in [-0.3, -0.25) is 0 Å². The summed E-state index contributed by atoms with van der Waals surface area (Å²) in [7, 11) is 0. The van der Waals surface area contributed by atoms with Gasteiger partial charge in [-0.2, -0.15) is 0 Å². The maximum atomic E-state index is 2.27. The minimum atomic E-state index is 0. The molecule has 4 aromatic rings. The van der Waals surface area contributed by atoms with Crippen molar-refractivity contribution in [3.05, 3.63) is 105 Å². The molecule has 0 aromatic heterocycles. The first-order chi connectivity index (χ1) is 10.9. The molecule has 0 N–H and O–H groups in total. The van der Waals surface area contributed by atoms with Gasteiger partial charge in [0.15, 0.2) is 0 Å². The summed E-state index contributed by atoms with van der Waals surface area (Å²) in [4.78, 5) is 0. The first kappa shape index (κ1) is 19.5. The van der Waals surface area contributed by atoms with Gasteiger partial charge in [0.05, 0.1) is 0 Å². The second kappa shape index (κ2) is 7.58. The first-order valence-electron chi connectivity index (χ1n) is 7.77. The van der Waals surface area contributed by atoms with Crippen LogP contribution >= 0.6 is 0 Å². The van der Waals surface area contributed by atoms with E-state index in [2.05, 4.69) is 78.9 Å². The topological polar surface area (TPSA) is 0 Å². The normalized spacial score (nSPS) is 10.9. The number of rotatable bonds is 1. The second-order valence-electron chi connectivity index (χ2n) is 6.00. The van der Waals surface area contributed by atoms with E-state index < -0.39 is 0 Å². The van der Waals surface area contributed by atoms with Gasteiger partial charge in [-0.05, 0) is 23.1 Å². The summed E-state index contributed by atoms with van der Waals surface area (Å²) in [6, 6.07) is 28.6. The van der Waals surface area contributed by atoms with Crippen LogP contribution in [0.2, 0.25) is 0 Å². The fourth-order valence-electron chi connectivity index (χ4n) is 3.80. The largest absolute Gasteiger partial charge is 3.00 e. The number of benzene rings is 3. The van der Waals surface area contributed by atoms with E-state index in [0.29, 0.717) is 0 Å². The van der Waals surface area contributed by atoms with E-state index in [1.165, 1.54) is 44.2 Å². The van der Waals surface area contributed by atoms with Crippen LogP contribution in [0.25, 0.3) is 33.0 Å². The summed E-state index contributed by atoms with van der Waals surface area (Å²) >= 11 is 0. The Hall–Kier alpha value is -1.85. The van der Waals surface area contributed by atoms with Crippen molar-refractivity contribution in [1.82, 2.24) is 0 Å². The molecular weight excluding hydrogens is 379 g/mol. The van der Waals surface area contributed by atoms with Gasteiger partial charge >= 0.3 is 26.2 Å². The predicted molar refractivity (Wildman–Crippen MR) is 106 cm³/mol. The molecule has 4 aromatic carbocycles. The molecule has 5 rings (SSSR count). The molecule has 1 heteroatoms. The Balaban J connectivity index is 0.000000751. The third-order valence-electron chi connectivity index (χ3n) is 4.82. The molecule has 0 unspecified atom stereocenters. The number of fused-ring (bicyclic) bond motifs is 4. The van der Waals surface area contributed by atoms with E-state index in [-0.39, 0.29) is 41.1 Å². The Kier molecular flexibility index (Phi) is 5.91. The molecule has 0 saturated heterocycles. The van der Waals surface area contributed by atoms with Gasteiger partial charge in [0, 0.05) is 0 Å². The van der Waals surface area contributed by atoms with E-state index in [1.807, 2.05) is 0 Å². The van der Waals surface area contributed by atoms with Crippen LogP contribution in [0.3, 0.4) is 0 Å². The van der Waals surface area contributed by atoms with Crippen LogP contribution in [0.15, 0.2) is 78.9 Å². The van der Waals surface area contributed by atoms with Crippen LogP contribution in [0.1, 0.15) is 11.1 Å². The molecule has 0 nitrogen and oxygen atoms in total. The molecule has 0 spiro atoms. The van der Waals surface area contributed by atoms with Crippen LogP contribution in [0.4, 0.5) is 0 Å². The second-order valence-corrected chi connectivity index (χ2v) is 6.00. The van der Waals surface area contributed by atoms with E-state index in [9.17, 15) is 0 Å². The summed E-state index contributed by atoms with van der Waals surface area (Å²) in [5.41, 5.74) is 8.46. The molecule has 0 atom stereocenters. The average molecular weight is 401 g/mol. The minimum Gasteiger partial charge on any atom is -0.358 e. The standard InChI is InChI=1S/C22H15.2CH3.Zr/c1-3-8-17-15(6-1)12-13-21(17)20-11-5-10-19-18-9-4-2-7-16(18)14-22(19)20;;;/h1-13H,14H2;2*1H3;/q3*-1;+3. The van der Waals surface area contributed by atoms with Crippen LogP contribution in [0.5, 0.6) is 0 Å². The van der Waals surface area contributed by atoms with Crippen LogP contribution in [-0.4, -0.2) is 0 Å². The molecule has 1 radical (unpaired) electrons. The van der Waals surface area contributed by atoms with Gasteiger partial charge in [-0.1, -0.05) is 82.1 Å². The van der Waals surface area contributed by atoms with Crippen molar-refractivity contribution in [1.29, 1.82) is 0 Å². The Morgan fingerprint density at radius 3 is 2.28 bits per heavy atom. The Bertz CT molecular complexity index is 1010. The average Bonchev–Trinajstić information content (AvgIpc) is 3.16. The minimum absolute atomic E-state index is 0. The zero-order chi connectivity index (χ0) is 14.5. The van der Waals surface area contributed by atoms with Crippen LogP contribution < -0.4 is 0 Å². The van der Waals surface area contributed by atoms with Crippen LogP contribution in [-0.2, 0) is 32.6 Å². The van der Waals surface area contributed by atoms with E-state index >= 15 is 0 Å². The van der Waals surface area contributed by atoms with Crippen molar-refractivity contribution < 1.29 is 26.2 Å². The van der Waals surface area contributed by atoms with E-state index in [4.69, 9.17) is 0 Å². The van der Waals surface area contributed by atoms with Crippen molar-refractivity contribution in [2.24, 2.45) is 0 Å². The number of hydrogen-bond acceptors (Lipinski definition) is 0. The van der Waals surface area contributed by atoms with Crippen molar-refractivity contribution in [3.8, 4) is 22.3 Å². The van der Waals surface area contributed by atoms with Gasteiger partial charge in [-0.25, -0.2) is 0 Å².